The molecule has 0 aliphatic carbocycles. The minimum Gasteiger partial charge on any atom is -0.497 e. The lowest BCUT2D eigenvalue weighted by atomic mass is 10.2. The van der Waals surface area contributed by atoms with Gasteiger partial charge in [0.2, 0.25) is 17.6 Å². The fourth-order valence-electron chi connectivity index (χ4n) is 3.76. The molecule has 4 rings (SSSR count). The molecular formula is C24H28N4O3. The zero-order chi connectivity index (χ0) is 21.6. The van der Waals surface area contributed by atoms with Crippen molar-refractivity contribution in [3.63, 3.8) is 0 Å². The minimum absolute atomic E-state index is 0.0163. The van der Waals surface area contributed by atoms with E-state index in [9.17, 15) is 4.79 Å². The molecule has 2 heterocycles. The third-order valence-corrected chi connectivity index (χ3v) is 5.55. The van der Waals surface area contributed by atoms with Gasteiger partial charge in [-0.15, -0.1) is 0 Å². The average molecular weight is 421 g/mol. The van der Waals surface area contributed by atoms with Crippen molar-refractivity contribution in [3.05, 3.63) is 54.4 Å². The number of rotatable bonds is 8. The van der Waals surface area contributed by atoms with Gasteiger partial charge in [0.15, 0.2) is 0 Å². The minimum atomic E-state index is -0.0163. The number of anilines is 2. The summed E-state index contributed by atoms with van der Waals surface area (Å²) < 4.78 is 10.5. The van der Waals surface area contributed by atoms with E-state index in [4.69, 9.17) is 9.26 Å². The molecule has 1 unspecified atom stereocenters. The molecule has 31 heavy (non-hydrogen) atoms. The summed E-state index contributed by atoms with van der Waals surface area (Å²) in [6.45, 7) is 4.48. The fourth-order valence-corrected chi connectivity index (χ4v) is 3.76. The number of nitrogens with zero attached hydrogens (tertiary/aromatic N) is 3. The molecule has 1 aliphatic rings. The molecule has 1 saturated heterocycles. The first-order valence-electron chi connectivity index (χ1n) is 10.7. The Balaban J connectivity index is 1.23. The maximum atomic E-state index is 12.3. The topological polar surface area (TPSA) is 80.5 Å². The molecule has 0 spiro atoms. The first kappa shape index (κ1) is 20.9. The van der Waals surface area contributed by atoms with E-state index in [1.807, 2.05) is 36.4 Å². The number of ether oxygens (including phenoxy) is 1. The van der Waals surface area contributed by atoms with Crippen LogP contribution < -0.4 is 15.0 Å². The van der Waals surface area contributed by atoms with E-state index in [0.29, 0.717) is 31.0 Å². The summed E-state index contributed by atoms with van der Waals surface area (Å²) in [4.78, 5) is 19.1. The Bertz CT molecular complexity index is 998. The summed E-state index contributed by atoms with van der Waals surface area (Å²) >= 11 is 0. The van der Waals surface area contributed by atoms with Crippen LogP contribution in [0.15, 0.2) is 53.1 Å². The Hall–Kier alpha value is -3.35. The van der Waals surface area contributed by atoms with Crippen LogP contribution in [-0.2, 0) is 11.2 Å². The van der Waals surface area contributed by atoms with E-state index in [0.717, 1.165) is 36.0 Å². The van der Waals surface area contributed by atoms with Gasteiger partial charge in [0.25, 0.3) is 0 Å². The van der Waals surface area contributed by atoms with Gasteiger partial charge in [0.05, 0.1) is 7.11 Å². The molecule has 1 aromatic heterocycles. The average Bonchev–Trinajstić information content (AvgIpc) is 3.44. The molecule has 1 atom stereocenters. The predicted molar refractivity (Wildman–Crippen MR) is 120 cm³/mol. The number of aromatic nitrogens is 2. The Morgan fingerprint density at radius 2 is 1.97 bits per heavy atom. The summed E-state index contributed by atoms with van der Waals surface area (Å²) in [5, 5.41) is 6.98. The summed E-state index contributed by atoms with van der Waals surface area (Å²) in [6, 6.07) is 15.6. The van der Waals surface area contributed by atoms with Gasteiger partial charge >= 0.3 is 0 Å². The van der Waals surface area contributed by atoms with Crippen LogP contribution in [0.4, 0.5) is 11.4 Å². The highest BCUT2D eigenvalue weighted by atomic mass is 16.5. The molecule has 7 heteroatoms. The quantitative estimate of drug-likeness (QED) is 0.576. The number of methoxy groups -OCH3 is 1. The zero-order valence-corrected chi connectivity index (χ0v) is 18.0. The lowest BCUT2D eigenvalue weighted by Crippen LogP contribution is -2.19. The van der Waals surface area contributed by atoms with Crippen molar-refractivity contribution in [2.45, 2.75) is 32.6 Å². The first-order valence-corrected chi connectivity index (χ1v) is 10.7. The number of hydrogen-bond acceptors (Lipinski definition) is 6. The maximum absolute atomic E-state index is 12.3. The monoisotopic (exact) mass is 420 g/mol. The van der Waals surface area contributed by atoms with Crippen molar-refractivity contribution in [2.75, 3.05) is 30.4 Å². The van der Waals surface area contributed by atoms with Gasteiger partial charge in [-0.1, -0.05) is 12.1 Å². The van der Waals surface area contributed by atoms with Crippen LogP contribution in [-0.4, -0.2) is 36.2 Å². The van der Waals surface area contributed by atoms with Gasteiger partial charge in [-0.25, -0.2) is 0 Å². The number of nitrogens with one attached hydrogen (secondary N) is 1. The van der Waals surface area contributed by atoms with Crippen LogP contribution in [0.25, 0.3) is 11.4 Å². The molecule has 0 radical (unpaired) electrons. The van der Waals surface area contributed by atoms with E-state index in [2.05, 4.69) is 39.4 Å². The van der Waals surface area contributed by atoms with Crippen molar-refractivity contribution in [2.24, 2.45) is 5.92 Å². The Morgan fingerprint density at radius 3 is 2.65 bits per heavy atom. The summed E-state index contributed by atoms with van der Waals surface area (Å²) in [7, 11) is 1.63. The second kappa shape index (κ2) is 9.64. The van der Waals surface area contributed by atoms with E-state index >= 15 is 0 Å². The van der Waals surface area contributed by atoms with E-state index in [-0.39, 0.29) is 5.91 Å². The highest BCUT2D eigenvalue weighted by Crippen LogP contribution is 2.25. The third-order valence-electron chi connectivity index (χ3n) is 5.55. The molecule has 162 valence electrons. The number of carbonyl (C=O) groups is 1. The van der Waals surface area contributed by atoms with E-state index < -0.39 is 0 Å². The smallest absolute Gasteiger partial charge is 0.226 e. The van der Waals surface area contributed by atoms with Gasteiger partial charge in [-0.2, -0.15) is 4.98 Å². The highest BCUT2D eigenvalue weighted by Gasteiger charge is 2.18. The molecule has 1 fully saturated rings. The van der Waals surface area contributed by atoms with Gasteiger partial charge in [-0.3, -0.25) is 4.79 Å². The maximum Gasteiger partial charge on any atom is 0.226 e. The first-order chi connectivity index (χ1) is 15.1. The molecule has 0 bridgehead atoms. The van der Waals surface area contributed by atoms with Crippen LogP contribution in [0, 0.1) is 5.92 Å². The van der Waals surface area contributed by atoms with Crippen molar-refractivity contribution >= 4 is 17.3 Å². The third kappa shape index (κ3) is 5.42. The Labute approximate surface area is 182 Å². The number of carbonyl (C=O) groups excluding carboxylic acids is 1. The van der Waals surface area contributed by atoms with Gasteiger partial charge < -0.3 is 19.5 Å². The van der Waals surface area contributed by atoms with Gasteiger partial charge in [0, 0.05) is 42.9 Å². The van der Waals surface area contributed by atoms with Crippen LogP contribution in [0.5, 0.6) is 5.75 Å². The summed E-state index contributed by atoms with van der Waals surface area (Å²) in [5.74, 6) is 2.57. The molecule has 1 N–H and O–H groups in total. The number of aryl methyl sites for hydroxylation is 1. The fraction of sp³-hybridized carbons (Fsp3) is 0.375. The zero-order valence-electron chi connectivity index (χ0n) is 18.0. The highest BCUT2D eigenvalue weighted by molar-refractivity contribution is 5.90. The second-order valence-electron chi connectivity index (χ2n) is 8.03. The Kier molecular flexibility index (Phi) is 6.50. The van der Waals surface area contributed by atoms with Gasteiger partial charge in [0.1, 0.15) is 5.75 Å². The van der Waals surface area contributed by atoms with Crippen molar-refractivity contribution in [3.8, 4) is 17.1 Å². The summed E-state index contributed by atoms with van der Waals surface area (Å²) in [6.07, 6.45) is 2.83. The summed E-state index contributed by atoms with van der Waals surface area (Å²) in [5.41, 5.74) is 2.90. The molecule has 2 aromatic carbocycles. The number of benzene rings is 2. The molecule has 3 aromatic rings. The Morgan fingerprint density at radius 1 is 1.19 bits per heavy atom. The molecule has 1 amide bonds. The second-order valence-corrected chi connectivity index (χ2v) is 8.03. The SMILES string of the molecule is COc1ccc(-c2noc(CCCC(=O)Nc3ccc(N4CCC(C)C4)cc3)n2)cc1. The lowest BCUT2D eigenvalue weighted by molar-refractivity contribution is -0.116. The number of amides is 1. The largest absolute Gasteiger partial charge is 0.497 e. The van der Waals surface area contributed by atoms with Crippen LogP contribution in [0.1, 0.15) is 32.1 Å². The van der Waals surface area contributed by atoms with Crippen molar-refractivity contribution in [1.29, 1.82) is 0 Å². The molecule has 1 aliphatic heterocycles. The van der Waals surface area contributed by atoms with Crippen LogP contribution in [0.2, 0.25) is 0 Å². The van der Waals surface area contributed by atoms with Gasteiger partial charge in [-0.05, 0) is 67.3 Å². The van der Waals surface area contributed by atoms with Crippen LogP contribution >= 0.6 is 0 Å². The molecule has 0 saturated carbocycles. The van der Waals surface area contributed by atoms with Crippen molar-refractivity contribution in [1.82, 2.24) is 10.1 Å². The predicted octanol–water partition coefficient (Wildman–Crippen LogP) is 4.55. The standard InChI is InChI=1S/C24H28N4O3/c1-17-14-15-28(16-17)20-10-8-19(9-11-20)25-22(29)4-3-5-23-26-24(27-31-23)18-6-12-21(30-2)13-7-18/h6-13,17H,3-5,14-16H2,1-2H3,(H,25,29). The molecular weight excluding hydrogens is 392 g/mol. The lowest BCUT2D eigenvalue weighted by Gasteiger charge is -2.18. The number of hydrogen-bond donors (Lipinski definition) is 1. The van der Waals surface area contributed by atoms with E-state index in [1.54, 1.807) is 7.11 Å². The normalized spacial score (nSPS) is 15.8. The van der Waals surface area contributed by atoms with Crippen molar-refractivity contribution < 1.29 is 14.1 Å². The van der Waals surface area contributed by atoms with E-state index in [1.165, 1.54) is 12.1 Å². The van der Waals surface area contributed by atoms with Crippen LogP contribution in [0.3, 0.4) is 0 Å². The molecule has 7 nitrogen and oxygen atoms in total.